The van der Waals surface area contributed by atoms with E-state index in [0.29, 0.717) is 6.42 Å². The first-order valence-electron chi connectivity index (χ1n) is 4.30. The molecule has 0 aromatic heterocycles. The first-order valence-corrected chi connectivity index (χ1v) is 4.30. The third kappa shape index (κ3) is 1.46. The molecule has 1 aromatic rings. The van der Waals surface area contributed by atoms with Crippen molar-refractivity contribution in [2.24, 2.45) is 16.1 Å². The molecule has 0 saturated carbocycles. The molecule has 14 heavy (non-hydrogen) atoms. The Labute approximate surface area is 80.6 Å². The van der Waals surface area contributed by atoms with Crippen LogP contribution in [0.2, 0.25) is 0 Å². The first kappa shape index (κ1) is 8.74. The highest BCUT2D eigenvalue weighted by atomic mass is 16.3. The van der Waals surface area contributed by atoms with Gasteiger partial charge in [0.1, 0.15) is 0 Å². The van der Waals surface area contributed by atoms with Crippen molar-refractivity contribution in [2.45, 2.75) is 6.42 Å². The molecule has 0 fully saturated rings. The van der Waals surface area contributed by atoms with E-state index >= 15 is 0 Å². The lowest BCUT2D eigenvalue weighted by Crippen LogP contribution is -2.18. The number of amides is 1. The van der Waals surface area contributed by atoms with E-state index in [1.54, 1.807) is 0 Å². The molecule has 0 spiro atoms. The second-order valence-corrected chi connectivity index (χ2v) is 3.15. The number of hydrogen-bond acceptors (Lipinski definition) is 3. The fourth-order valence-electron chi connectivity index (χ4n) is 1.49. The molecule has 0 saturated heterocycles. The molecule has 0 bridgehead atoms. The van der Waals surface area contributed by atoms with Gasteiger partial charge < -0.3 is 0 Å². The largest absolute Gasteiger partial charge is 0.295 e. The summed E-state index contributed by atoms with van der Waals surface area (Å²) in [6.45, 7) is 0. The lowest BCUT2D eigenvalue weighted by Gasteiger charge is -2.14. The fourth-order valence-corrected chi connectivity index (χ4v) is 1.49. The van der Waals surface area contributed by atoms with E-state index in [9.17, 15) is 9.70 Å². The second-order valence-electron chi connectivity index (χ2n) is 3.15. The minimum absolute atomic E-state index is 0.484. The SMILES string of the molecule is O=NC(=O)C1C=Nc2ccccc2C1. The van der Waals surface area contributed by atoms with Crippen molar-refractivity contribution in [2.75, 3.05) is 0 Å². The van der Waals surface area contributed by atoms with Crippen molar-refractivity contribution in [1.29, 1.82) is 0 Å². The monoisotopic (exact) mass is 188 g/mol. The summed E-state index contributed by atoms with van der Waals surface area (Å²) in [5.41, 5.74) is 1.85. The molecule has 1 unspecified atom stereocenters. The maximum Gasteiger partial charge on any atom is 0.295 e. The molecule has 1 amide bonds. The van der Waals surface area contributed by atoms with Gasteiger partial charge in [0.05, 0.1) is 11.6 Å². The molecule has 1 heterocycles. The number of fused-ring (bicyclic) bond motifs is 1. The van der Waals surface area contributed by atoms with E-state index in [-0.39, 0.29) is 0 Å². The van der Waals surface area contributed by atoms with Gasteiger partial charge in [0, 0.05) is 11.4 Å². The van der Waals surface area contributed by atoms with Crippen LogP contribution in [0.4, 0.5) is 5.69 Å². The number of nitroso groups, excluding NO2 is 1. The third-order valence-electron chi connectivity index (χ3n) is 2.23. The molecule has 70 valence electrons. The van der Waals surface area contributed by atoms with Gasteiger partial charge in [-0.05, 0) is 18.1 Å². The van der Waals surface area contributed by atoms with Gasteiger partial charge in [-0.2, -0.15) is 0 Å². The van der Waals surface area contributed by atoms with Gasteiger partial charge in [0.2, 0.25) is 0 Å². The van der Waals surface area contributed by atoms with Crippen molar-refractivity contribution in [3.05, 3.63) is 34.7 Å². The Morgan fingerprint density at radius 1 is 1.43 bits per heavy atom. The van der Waals surface area contributed by atoms with Gasteiger partial charge in [0.15, 0.2) is 0 Å². The summed E-state index contributed by atoms with van der Waals surface area (Å²) in [5, 5.41) is 2.40. The summed E-state index contributed by atoms with van der Waals surface area (Å²) < 4.78 is 0. The van der Waals surface area contributed by atoms with E-state index in [1.165, 1.54) is 6.21 Å². The minimum atomic E-state index is -0.650. The zero-order chi connectivity index (χ0) is 9.97. The molecular weight excluding hydrogens is 180 g/mol. The Morgan fingerprint density at radius 2 is 2.21 bits per heavy atom. The summed E-state index contributed by atoms with van der Waals surface area (Å²) in [6, 6.07) is 7.55. The Balaban J connectivity index is 2.29. The summed E-state index contributed by atoms with van der Waals surface area (Å²) in [6.07, 6.45) is 2.01. The van der Waals surface area contributed by atoms with E-state index in [1.807, 2.05) is 24.3 Å². The quantitative estimate of drug-likeness (QED) is 0.631. The smallest absolute Gasteiger partial charge is 0.268 e. The summed E-state index contributed by atoms with van der Waals surface area (Å²) in [5.74, 6) is -1.13. The average molecular weight is 188 g/mol. The van der Waals surface area contributed by atoms with Crippen LogP contribution in [-0.2, 0) is 11.2 Å². The number of para-hydroxylation sites is 1. The van der Waals surface area contributed by atoms with Crippen LogP contribution in [0.3, 0.4) is 0 Å². The minimum Gasteiger partial charge on any atom is -0.268 e. The maximum atomic E-state index is 11.0. The van der Waals surface area contributed by atoms with Gasteiger partial charge in [-0.1, -0.05) is 18.2 Å². The van der Waals surface area contributed by atoms with Gasteiger partial charge >= 0.3 is 0 Å². The molecule has 0 N–H and O–H groups in total. The maximum absolute atomic E-state index is 11.0. The standard InChI is InChI=1S/C10H8N2O2/c13-10(12-14)8-5-7-3-1-2-4-9(7)11-6-8/h1-4,6,8H,5H2. The topological polar surface area (TPSA) is 58.9 Å². The summed E-state index contributed by atoms with van der Waals surface area (Å²) in [4.78, 5) is 25.2. The second kappa shape index (κ2) is 3.49. The zero-order valence-corrected chi connectivity index (χ0v) is 7.38. The molecule has 1 atom stereocenters. The predicted molar refractivity (Wildman–Crippen MR) is 52.6 cm³/mol. The van der Waals surface area contributed by atoms with Crippen LogP contribution >= 0.6 is 0 Å². The van der Waals surface area contributed by atoms with Gasteiger partial charge in [-0.3, -0.25) is 9.79 Å². The molecule has 2 rings (SSSR count). The van der Waals surface area contributed by atoms with Gasteiger partial charge in [0.25, 0.3) is 5.91 Å². The van der Waals surface area contributed by atoms with Crippen molar-refractivity contribution < 1.29 is 4.79 Å². The average Bonchev–Trinajstić information content (AvgIpc) is 2.27. The third-order valence-corrected chi connectivity index (χ3v) is 2.23. The highest BCUT2D eigenvalue weighted by molar-refractivity contribution is 5.96. The van der Waals surface area contributed by atoms with E-state index in [4.69, 9.17) is 0 Å². The number of carbonyl (C=O) groups is 1. The number of benzene rings is 1. The number of hydrogen-bond donors (Lipinski definition) is 0. The van der Waals surface area contributed by atoms with Crippen molar-refractivity contribution >= 4 is 17.8 Å². The van der Waals surface area contributed by atoms with E-state index in [2.05, 4.69) is 10.2 Å². The van der Waals surface area contributed by atoms with Crippen molar-refractivity contribution in [3.8, 4) is 0 Å². The molecule has 1 aliphatic heterocycles. The number of nitrogens with zero attached hydrogens (tertiary/aromatic N) is 2. The highest BCUT2D eigenvalue weighted by Gasteiger charge is 2.21. The summed E-state index contributed by atoms with van der Waals surface area (Å²) in [7, 11) is 0. The number of rotatable bonds is 1. The zero-order valence-electron chi connectivity index (χ0n) is 7.38. The lowest BCUT2D eigenvalue weighted by molar-refractivity contribution is -0.119. The molecule has 4 nitrogen and oxygen atoms in total. The van der Waals surface area contributed by atoms with Crippen LogP contribution in [0.5, 0.6) is 0 Å². The lowest BCUT2D eigenvalue weighted by atomic mass is 9.96. The summed E-state index contributed by atoms with van der Waals surface area (Å²) >= 11 is 0. The molecule has 0 aliphatic carbocycles. The Bertz CT molecular complexity index is 412. The van der Waals surface area contributed by atoms with Gasteiger partial charge in [-0.15, -0.1) is 4.91 Å². The Kier molecular flexibility index (Phi) is 2.18. The van der Waals surface area contributed by atoms with Crippen LogP contribution in [0, 0.1) is 10.8 Å². The van der Waals surface area contributed by atoms with Crippen LogP contribution in [-0.4, -0.2) is 12.1 Å². The Morgan fingerprint density at radius 3 is 3.00 bits per heavy atom. The van der Waals surface area contributed by atoms with Crippen molar-refractivity contribution in [1.82, 2.24) is 0 Å². The number of carbonyl (C=O) groups excluding carboxylic acids is 1. The predicted octanol–water partition coefficient (Wildman–Crippen LogP) is 1.85. The van der Waals surface area contributed by atoms with E-state index in [0.717, 1.165) is 11.3 Å². The normalized spacial score (nSPS) is 18.7. The van der Waals surface area contributed by atoms with Crippen LogP contribution < -0.4 is 0 Å². The van der Waals surface area contributed by atoms with Crippen LogP contribution in [0.1, 0.15) is 5.56 Å². The number of aliphatic imine (C=N–C) groups is 1. The molecular formula is C10H8N2O2. The van der Waals surface area contributed by atoms with E-state index < -0.39 is 11.8 Å². The van der Waals surface area contributed by atoms with Gasteiger partial charge in [-0.25, -0.2) is 0 Å². The van der Waals surface area contributed by atoms with Crippen LogP contribution in [0.15, 0.2) is 34.4 Å². The molecule has 1 aliphatic rings. The van der Waals surface area contributed by atoms with Crippen molar-refractivity contribution in [3.63, 3.8) is 0 Å². The molecule has 4 heteroatoms. The van der Waals surface area contributed by atoms with Crippen LogP contribution in [0.25, 0.3) is 0 Å². The Hall–Kier alpha value is -1.84. The first-order chi connectivity index (χ1) is 6.81. The molecule has 1 aromatic carbocycles. The molecule has 0 radical (unpaired) electrons. The highest BCUT2D eigenvalue weighted by Crippen LogP contribution is 2.25. The fraction of sp³-hybridized carbons (Fsp3) is 0.200.